The fourth-order valence-corrected chi connectivity index (χ4v) is 3.85. The minimum atomic E-state index is -3.20. The zero-order valence-electron chi connectivity index (χ0n) is 13.0. The second-order valence-corrected chi connectivity index (χ2v) is 7.68. The smallest absolute Gasteiger partial charge is 0.257 e. The molecule has 3 rings (SSSR count). The molecular weight excluding hydrogens is 320 g/mol. The number of ether oxygens (including phenoxy) is 2. The van der Waals surface area contributed by atoms with E-state index in [-0.39, 0.29) is 11.7 Å². The second-order valence-electron chi connectivity index (χ2n) is 5.42. The molecule has 1 aromatic carbocycles. The molecule has 0 aromatic heterocycles. The number of hydrogen-bond acceptors (Lipinski definition) is 5. The van der Waals surface area contributed by atoms with E-state index in [0.29, 0.717) is 56.5 Å². The number of sulfonamides is 1. The van der Waals surface area contributed by atoms with Gasteiger partial charge in [0.05, 0.1) is 11.3 Å². The maximum absolute atomic E-state index is 12.7. The monoisotopic (exact) mass is 340 g/mol. The Morgan fingerprint density at radius 2 is 1.83 bits per heavy atom. The molecule has 1 saturated heterocycles. The third-order valence-corrected chi connectivity index (χ3v) is 5.96. The lowest BCUT2D eigenvalue weighted by Gasteiger charge is -2.34. The number of hydrogen-bond donors (Lipinski definition) is 0. The van der Waals surface area contributed by atoms with Crippen LogP contribution in [0.2, 0.25) is 0 Å². The van der Waals surface area contributed by atoms with Crippen LogP contribution in [0, 0.1) is 0 Å². The van der Waals surface area contributed by atoms with Gasteiger partial charge in [-0.25, -0.2) is 8.42 Å². The molecule has 0 unspecified atom stereocenters. The molecule has 2 aliphatic heterocycles. The quantitative estimate of drug-likeness (QED) is 0.804. The average Bonchev–Trinajstić information content (AvgIpc) is 2.60. The average molecular weight is 340 g/mol. The van der Waals surface area contributed by atoms with Crippen LogP contribution in [0.25, 0.3) is 0 Å². The highest BCUT2D eigenvalue weighted by molar-refractivity contribution is 7.89. The molecule has 0 saturated carbocycles. The number of carbonyl (C=O) groups excluding carboxylic acids is 1. The highest BCUT2D eigenvalue weighted by Gasteiger charge is 2.30. The molecule has 7 nitrogen and oxygen atoms in total. The first-order chi connectivity index (χ1) is 11.0. The Morgan fingerprint density at radius 1 is 1.13 bits per heavy atom. The summed E-state index contributed by atoms with van der Waals surface area (Å²) in [5, 5.41) is 0. The Kier molecular flexibility index (Phi) is 4.45. The molecular formula is C15H20N2O5S. The lowest BCUT2D eigenvalue weighted by molar-refractivity contribution is 0.0688. The van der Waals surface area contributed by atoms with E-state index < -0.39 is 10.0 Å². The van der Waals surface area contributed by atoms with Gasteiger partial charge in [-0.2, -0.15) is 4.31 Å². The molecule has 1 fully saturated rings. The summed E-state index contributed by atoms with van der Waals surface area (Å²) in [5.74, 6) is 0.987. The van der Waals surface area contributed by atoms with E-state index in [1.54, 1.807) is 30.0 Å². The van der Waals surface area contributed by atoms with Gasteiger partial charge in [0, 0.05) is 26.2 Å². The van der Waals surface area contributed by atoms with E-state index in [9.17, 15) is 13.2 Å². The summed E-state index contributed by atoms with van der Waals surface area (Å²) in [5.41, 5.74) is 0.467. The van der Waals surface area contributed by atoms with Crippen LogP contribution in [0.3, 0.4) is 0 Å². The molecule has 23 heavy (non-hydrogen) atoms. The topological polar surface area (TPSA) is 76.2 Å². The van der Waals surface area contributed by atoms with Crippen molar-refractivity contribution in [3.63, 3.8) is 0 Å². The van der Waals surface area contributed by atoms with Gasteiger partial charge in [0.15, 0.2) is 11.5 Å². The zero-order valence-corrected chi connectivity index (χ0v) is 13.8. The van der Waals surface area contributed by atoms with Crippen LogP contribution in [0.15, 0.2) is 18.2 Å². The van der Waals surface area contributed by atoms with Crippen molar-refractivity contribution < 1.29 is 22.7 Å². The van der Waals surface area contributed by atoms with E-state index >= 15 is 0 Å². The minimum absolute atomic E-state index is 0.0817. The number of carbonyl (C=O) groups is 1. The number of nitrogens with zero attached hydrogens (tertiary/aromatic N) is 2. The van der Waals surface area contributed by atoms with Crippen molar-refractivity contribution in [1.29, 1.82) is 0 Å². The first kappa shape index (κ1) is 16.1. The van der Waals surface area contributed by atoms with Crippen LogP contribution >= 0.6 is 0 Å². The normalized spacial score (nSPS) is 18.7. The Morgan fingerprint density at radius 3 is 2.52 bits per heavy atom. The Bertz CT molecular complexity index is 696. The third kappa shape index (κ3) is 3.13. The fourth-order valence-electron chi connectivity index (χ4n) is 2.76. The Labute approximate surface area is 135 Å². The van der Waals surface area contributed by atoms with Gasteiger partial charge in [-0.1, -0.05) is 6.07 Å². The lowest BCUT2D eigenvalue weighted by atomic mass is 10.1. The predicted octanol–water partition coefficient (Wildman–Crippen LogP) is 0.565. The van der Waals surface area contributed by atoms with Crippen LogP contribution in [0.1, 0.15) is 17.3 Å². The summed E-state index contributed by atoms with van der Waals surface area (Å²) in [4.78, 5) is 14.4. The van der Waals surface area contributed by atoms with Crippen LogP contribution in [0.5, 0.6) is 11.5 Å². The highest BCUT2D eigenvalue weighted by atomic mass is 32.2. The minimum Gasteiger partial charge on any atom is -0.486 e. The highest BCUT2D eigenvalue weighted by Crippen LogP contribution is 2.34. The van der Waals surface area contributed by atoms with Crippen LogP contribution in [-0.4, -0.2) is 68.7 Å². The molecule has 0 N–H and O–H groups in total. The lowest BCUT2D eigenvalue weighted by Crippen LogP contribution is -2.50. The summed E-state index contributed by atoms with van der Waals surface area (Å²) in [7, 11) is -3.20. The number of piperazine rings is 1. The molecule has 8 heteroatoms. The first-order valence-electron chi connectivity index (χ1n) is 7.68. The molecule has 1 aromatic rings. The van der Waals surface area contributed by atoms with Gasteiger partial charge in [0.25, 0.3) is 5.91 Å². The summed E-state index contributed by atoms with van der Waals surface area (Å²) in [6.07, 6.45) is 0. The third-order valence-electron chi connectivity index (χ3n) is 4.08. The van der Waals surface area contributed by atoms with Gasteiger partial charge in [-0.3, -0.25) is 4.79 Å². The molecule has 0 bridgehead atoms. The summed E-state index contributed by atoms with van der Waals surface area (Å²) < 4.78 is 36.3. The zero-order chi connectivity index (χ0) is 16.4. The Hall–Kier alpha value is -1.80. The van der Waals surface area contributed by atoms with Gasteiger partial charge in [0.2, 0.25) is 10.0 Å². The van der Waals surface area contributed by atoms with Crippen molar-refractivity contribution in [2.45, 2.75) is 6.92 Å². The van der Waals surface area contributed by atoms with Crippen LogP contribution < -0.4 is 9.47 Å². The molecule has 0 radical (unpaired) electrons. The summed E-state index contributed by atoms with van der Waals surface area (Å²) >= 11 is 0. The fraction of sp³-hybridized carbons (Fsp3) is 0.533. The summed E-state index contributed by atoms with van der Waals surface area (Å²) in [6, 6.07) is 5.25. The van der Waals surface area contributed by atoms with Gasteiger partial charge in [-0.15, -0.1) is 0 Å². The van der Waals surface area contributed by atoms with Gasteiger partial charge < -0.3 is 14.4 Å². The molecule has 0 aliphatic carbocycles. The molecule has 2 heterocycles. The van der Waals surface area contributed by atoms with E-state index in [4.69, 9.17) is 9.47 Å². The van der Waals surface area contributed by atoms with Crippen molar-refractivity contribution >= 4 is 15.9 Å². The Balaban J connectivity index is 1.74. The van der Waals surface area contributed by atoms with E-state index in [2.05, 4.69) is 0 Å². The van der Waals surface area contributed by atoms with E-state index in [1.807, 2.05) is 0 Å². The van der Waals surface area contributed by atoms with Crippen LogP contribution in [0.4, 0.5) is 0 Å². The number of para-hydroxylation sites is 1. The van der Waals surface area contributed by atoms with E-state index in [1.165, 1.54) is 4.31 Å². The van der Waals surface area contributed by atoms with Crippen molar-refractivity contribution in [3.05, 3.63) is 23.8 Å². The number of fused-ring (bicyclic) bond motifs is 1. The maximum Gasteiger partial charge on any atom is 0.257 e. The number of amides is 1. The number of benzene rings is 1. The molecule has 1 amide bonds. The van der Waals surface area contributed by atoms with Crippen molar-refractivity contribution in [3.8, 4) is 11.5 Å². The van der Waals surface area contributed by atoms with Crippen molar-refractivity contribution in [2.75, 3.05) is 45.1 Å². The van der Waals surface area contributed by atoms with Gasteiger partial charge >= 0.3 is 0 Å². The second kappa shape index (κ2) is 6.37. The number of rotatable bonds is 3. The predicted molar refractivity (Wildman–Crippen MR) is 84.4 cm³/mol. The summed E-state index contributed by atoms with van der Waals surface area (Å²) in [6.45, 7) is 3.92. The van der Waals surface area contributed by atoms with Crippen LogP contribution in [-0.2, 0) is 10.0 Å². The largest absolute Gasteiger partial charge is 0.486 e. The van der Waals surface area contributed by atoms with Crippen molar-refractivity contribution in [2.24, 2.45) is 0 Å². The first-order valence-corrected chi connectivity index (χ1v) is 9.29. The molecule has 2 aliphatic rings. The standard InChI is InChI=1S/C15H20N2O5S/c1-2-23(19,20)17-8-6-16(7-9-17)15(18)12-4-3-5-13-14(12)22-11-10-21-13/h3-5H,2,6-11H2,1H3. The van der Waals surface area contributed by atoms with Gasteiger partial charge in [0.1, 0.15) is 13.2 Å². The maximum atomic E-state index is 12.7. The van der Waals surface area contributed by atoms with Crippen molar-refractivity contribution in [1.82, 2.24) is 9.21 Å². The van der Waals surface area contributed by atoms with E-state index in [0.717, 1.165) is 0 Å². The molecule has 0 spiro atoms. The molecule has 0 atom stereocenters. The molecule has 126 valence electrons. The van der Waals surface area contributed by atoms with Gasteiger partial charge in [-0.05, 0) is 19.1 Å². The SMILES string of the molecule is CCS(=O)(=O)N1CCN(C(=O)c2cccc3c2OCCO3)CC1.